The molecule has 0 bridgehead atoms. The van der Waals surface area contributed by atoms with Gasteiger partial charge in [-0.1, -0.05) is 17.3 Å². The van der Waals surface area contributed by atoms with Crippen LogP contribution in [0.4, 0.5) is 4.39 Å². The summed E-state index contributed by atoms with van der Waals surface area (Å²) < 4.78 is 19.9. The maximum atomic E-state index is 13.0. The van der Waals surface area contributed by atoms with E-state index >= 15 is 0 Å². The first-order valence-corrected chi connectivity index (χ1v) is 8.50. The molecular weight excluding hydrogens is 325 g/mol. The van der Waals surface area contributed by atoms with Crippen LogP contribution >= 0.6 is 0 Å². The van der Waals surface area contributed by atoms with E-state index < -0.39 is 0 Å². The lowest BCUT2D eigenvalue weighted by Gasteiger charge is -2.23. The topological polar surface area (TPSA) is 73.5 Å². The predicted molar refractivity (Wildman–Crippen MR) is 89.0 cm³/mol. The van der Waals surface area contributed by atoms with E-state index in [-0.39, 0.29) is 23.5 Å². The summed E-state index contributed by atoms with van der Waals surface area (Å²) in [5, 5.41) is 10.8. The molecule has 1 fully saturated rings. The largest absolute Gasteiger partial charge is 0.370 e. The van der Waals surface area contributed by atoms with E-state index in [1.165, 1.54) is 17.0 Å². The van der Waals surface area contributed by atoms with Crippen molar-refractivity contribution in [3.05, 3.63) is 47.5 Å². The zero-order valence-corrected chi connectivity index (χ0v) is 14.2. The first-order valence-electron chi connectivity index (χ1n) is 8.50. The van der Waals surface area contributed by atoms with Crippen LogP contribution in [0.3, 0.4) is 0 Å². The van der Waals surface area contributed by atoms with E-state index in [1.807, 2.05) is 6.92 Å². The molecule has 2 heterocycles. The number of benzene rings is 1. The van der Waals surface area contributed by atoms with Gasteiger partial charge in [-0.3, -0.25) is 4.79 Å². The van der Waals surface area contributed by atoms with Crippen molar-refractivity contribution in [2.75, 3.05) is 39.4 Å². The molecule has 0 saturated carbocycles. The van der Waals surface area contributed by atoms with Crippen LogP contribution in [0.2, 0.25) is 0 Å². The summed E-state index contributed by atoms with van der Waals surface area (Å²) in [6.45, 7) is 6.88. The molecule has 1 aromatic carbocycles. The Morgan fingerprint density at radius 1 is 1.36 bits per heavy atom. The van der Waals surface area contributed by atoms with Crippen molar-refractivity contribution < 1.29 is 18.8 Å². The van der Waals surface area contributed by atoms with Gasteiger partial charge < -0.3 is 15.0 Å². The molecule has 25 heavy (non-hydrogen) atoms. The van der Waals surface area contributed by atoms with Gasteiger partial charge in [0.05, 0.1) is 38.5 Å². The Kier molecular flexibility index (Phi) is 5.72. The minimum Gasteiger partial charge on any atom is -0.370 e. The summed E-state index contributed by atoms with van der Waals surface area (Å²) in [5.74, 6) is -0.512. The molecule has 1 aromatic heterocycles. The van der Waals surface area contributed by atoms with E-state index in [4.69, 9.17) is 4.74 Å². The van der Waals surface area contributed by atoms with Crippen molar-refractivity contribution in [2.45, 2.75) is 13.0 Å². The number of halogens is 1. The van der Waals surface area contributed by atoms with Gasteiger partial charge in [0.1, 0.15) is 18.9 Å². The highest BCUT2D eigenvalue weighted by atomic mass is 19.1. The van der Waals surface area contributed by atoms with Crippen molar-refractivity contribution in [1.82, 2.24) is 20.3 Å². The summed E-state index contributed by atoms with van der Waals surface area (Å²) >= 11 is 0. The second kappa shape index (κ2) is 8.17. The van der Waals surface area contributed by atoms with Crippen molar-refractivity contribution in [3.63, 3.8) is 0 Å². The molecule has 1 atom stereocenters. The van der Waals surface area contributed by atoms with Gasteiger partial charge >= 0.3 is 0 Å². The molecule has 0 unspecified atom stereocenters. The van der Waals surface area contributed by atoms with Gasteiger partial charge in [0.15, 0.2) is 5.69 Å². The van der Waals surface area contributed by atoms with Crippen LogP contribution in [-0.4, -0.2) is 60.3 Å². The standard InChI is InChI=1S/C17H22FN5O2/c1-13(14-2-4-15(18)5-3-14)23-12-16(20-21-23)17(24)19-6-7-22-8-10-25-11-9-22/h2-5,12-13H,6-11H2,1H3,(H,19,24)/p+1/t13-/m1/s1. The van der Waals surface area contributed by atoms with Crippen molar-refractivity contribution >= 4 is 5.91 Å². The van der Waals surface area contributed by atoms with E-state index in [2.05, 4.69) is 15.6 Å². The summed E-state index contributed by atoms with van der Waals surface area (Å²) in [6, 6.07) is 6.08. The molecule has 1 aliphatic heterocycles. The average molecular weight is 348 g/mol. The fraction of sp³-hybridized carbons (Fsp3) is 0.471. The minimum atomic E-state index is -0.281. The third-order valence-electron chi connectivity index (χ3n) is 4.46. The third-order valence-corrected chi connectivity index (χ3v) is 4.46. The van der Waals surface area contributed by atoms with Gasteiger partial charge in [0.2, 0.25) is 0 Å². The normalized spacial score (nSPS) is 16.6. The number of amides is 1. The second-order valence-electron chi connectivity index (χ2n) is 6.18. The lowest BCUT2D eigenvalue weighted by molar-refractivity contribution is -0.906. The Balaban J connectivity index is 1.53. The number of ether oxygens (including phenoxy) is 1. The number of hydrogen-bond acceptors (Lipinski definition) is 4. The maximum absolute atomic E-state index is 13.0. The van der Waals surface area contributed by atoms with Crippen LogP contribution < -0.4 is 10.2 Å². The summed E-state index contributed by atoms with van der Waals surface area (Å²) in [5.41, 5.74) is 1.18. The van der Waals surface area contributed by atoms with E-state index in [9.17, 15) is 9.18 Å². The Morgan fingerprint density at radius 3 is 2.80 bits per heavy atom. The van der Waals surface area contributed by atoms with Gasteiger partial charge in [-0.15, -0.1) is 5.10 Å². The van der Waals surface area contributed by atoms with Crippen LogP contribution in [0.5, 0.6) is 0 Å². The summed E-state index contributed by atoms with van der Waals surface area (Å²) in [6.07, 6.45) is 1.62. The van der Waals surface area contributed by atoms with Crippen molar-refractivity contribution in [2.24, 2.45) is 0 Å². The summed E-state index contributed by atoms with van der Waals surface area (Å²) in [4.78, 5) is 13.6. The Hall–Kier alpha value is -2.32. The van der Waals surface area contributed by atoms with Crippen LogP contribution in [0, 0.1) is 5.82 Å². The van der Waals surface area contributed by atoms with E-state index in [0.717, 1.165) is 38.4 Å². The number of hydrogen-bond donors (Lipinski definition) is 2. The fourth-order valence-electron chi connectivity index (χ4n) is 2.82. The lowest BCUT2D eigenvalue weighted by atomic mass is 10.1. The summed E-state index contributed by atoms with van der Waals surface area (Å²) in [7, 11) is 0. The number of nitrogens with zero attached hydrogens (tertiary/aromatic N) is 3. The lowest BCUT2D eigenvalue weighted by Crippen LogP contribution is -3.14. The first-order chi connectivity index (χ1) is 12.1. The van der Waals surface area contributed by atoms with E-state index in [0.29, 0.717) is 6.54 Å². The van der Waals surface area contributed by atoms with Crippen LogP contribution in [0.1, 0.15) is 29.0 Å². The average Bonchev–Trinajstić information content (AvgIpc) is 3.13. The van der Waals surface area contributed by atoms with E-state index in [1.54, 1.807) is 23.0 Å². The molecule has 8 heteroatoms. The number of carbonyl (C=O) groups is 1. The SMILES string of the molecule is C[C@H](c1ccc(F)cc1)n1cc(C(=O)NCC[NH+]2CCOCC2)nn1. The quantitative estimate of drug-likeness (QED) is 0.750. The molecule has 1 saturated heterocycles. The molecule has 0 spiro atoms. The highest BCUT2D eigenvalue weighted by molar-refractivity contribution is 5.91. The van der Waals surface area contributed by atoms with Gasteiger partial charge in [-0.2, -0.15) is 0 Å². The molecule has 3 rings (SSSR count). The Morgan fingerprint density at radius 2 is 2.08 bits per heavy atom. The first kappa shape index (κ1) is 17.5. The fourth-order valence-corrected chi connectivity index (χ4v) is 2.82. The smallest absolute Gasteiger partial charge is 0.273 e. The molecule has 1 amide bonds. The number of carbonyl (C=O) groups excluding carboxylic acids is 1. The molecule has 7 nitrogen and oxygen atoms in total. The zero-order valence-electron chi connectivity index (χ0n) is 14.2. The van der Waals surface area contributed by atoms with Crippen molar-refractivity contribution in [1.29, 1.82) is 0 Å². The monoisotopic (exact) mass is 348 g/mol. The zero-order chi connectivity index (χ0) is 17.6. The second-order valence-corrected chi connectivity index (χ2v) is 6.18. The van der Waals surface area contributed by atoms with Gasteiger partial charge in [-0.05, 0) is 24.6 Å². The Bertz CT molecular complexity index is 697. The van der Waals surface area contributed by atoms with Gasteiger partial charge in [-0.25, -0.2) is 9.07 Å². The number of aromatic nitrogens is 3. The van der Waals surface area contributed by atoms with Gasteiger partial charge in [0, 0.05) is 0 Å². The molecule has 0 aliphatic carbocycles. The third kappa shape index (κ3) is 4.61. The molecule has 0 radical (unpaired) electrons. The van der Waals surface area contributed by atoms with Crippen LogP contribution in [0.25, 0.3) is 0 Å². The molecular formula is C17H23FN5O2+. The molecule has 1 aliphatic rings. The predicted octanol–water partition coefficient (Wildman–Crippen LogP) is -0.329. The highest BCUT2D eigenvalue weighted by Gasteiger charge is 2.17. The van der Waals surface area contributed by atoms with Crippen LogP contribution in [-0.2, 0) is 4.74 Å². The van der Waals surface area contributed by atoms with Crippen molar-refractivity contribution in [3.8, 4) is 0 Å². The van der Waals surface area contributed by atoms with Gasteiger partial charge in [0.25, 0.3) is 5.91 Å². The number of rotatable bonds is 6. The minimum absolute atomic E-state index is 0.132. The molecule has 2 aromatic rings. The Labute approximate surface area is 145 Å². The molecule has 134 valence electrons. The number of quaternary nitrogens is 1. The highest BCUT2D eigenvalue weighted by Crippen LogP contribution is 2.17. The maximum Gasteiger partial charge on any atom is 0.273 e. The number of nitrogens with one attached hydrogen (secondary N) is 2. The number of morpholine rings is 1. The van der Waals surface area contributed by atoms with Crippen LogP contribution in [0.15, 0.2) is 30.5 Å². The molecule has 2 N–H and O–H groups in total.